The zero-order valence-corrected chi connectivity index (χ0v) is 22.0. The highest BCUT2D eigenvalue weighted by atomic mass is 32.1. The lowest BCUT2D eigenvalue weighted by Crippen LogP contribution is -2.29. The highest BCUT2D eigenvalue weighted by molar-refractivity contribution is 7.22. The average Bonchev–Trinajstić information content (AvgIpc) is 3.50. The summed E-state index contributed by atoms with van der Waals surface area (Å²) in [4.78, 5) is 34.2. The Morgan fingerprint density at radius 1 is 0.974 bits per heavy atom. The molecule has 38 heavy (non-hydrogen) atoms. The number of benzene rings is 3. The number of carbonyl (C=O) groups is 1. The van der Waals surface area contributed by atoms with E-state index in [0.717, 1.165) is 16.6 Å². The number of rotatable bonds is 6. The fraction of sp³-hybridized carbons (Fsp3) is 0.207. The van der Waals surface area contributed by atoms with Crippen molar-refractivity contribution < 1.29 is 23.4 Å². The lowest BCUT2D eigenvalue weighted by atomic mass is 9.98. The van der Waals surface area contributed by atoms with Crippen molar-refractivity contribution in [3.05, 3.63) is 87.3 Å². The Hall–Kier alpha value is -4.37. The molecular formula is C29H24N2O6S. The molecule has 3 heterocycles. The molecule has 0 spiro atoms. The van der Waals surface area contributed by atoms with Crippen molar-refractivity contribution >= 4 is 43.6 Å². The van der Waals surface area contributed by atoms with E-state index in [9.17, 15) is 9.59 Å². The van der Waals surface area contributed by atoms with Crippen LogP contribution in [0, 0.1) is 0 Å². The first-order valence-electron chi connectivity index (χ1n) is 12.1. The summed E-state index contributed by atoms with van der Waals surface area (Å²) in [6, 6.07) is 15.7. The van der Waals surface area contributed by atoms with Crippen molar-refractivity contribution in [2.24, 2.45) is 0 Å². The molecule has 0 N–H and O–H groups in total. The minimum absolute atomic E-state index is 0.000884. The number of ether oxygens (including phenoxy) is 3. The highest BCUT2D eigenvalue weighted by Crippen LogP contribution is 2.47. The fourth-order valence-electron chi connectivity index (χ4n) is 4.97. The quantitative estimate of drug-likeness (QED) is 0.278. The van der Waals surface area contributed by atoms with Gasteiger partial charge in [0.05, 0.1) is 48.5 Å². The zero-order valence-electron chi connectivity index (χ0n) is 21.2. The number of anilines is 1. The van der Waals surface area contributed by atoms with Gasteiger partial charge < -0.3 is 18.6 Å². The minimum Gasteiger partial charge on any atom is -0.493 e. The van der Waals surface area contributed by atoms with E-state index < -0.39 is 11.9 Å². The Morgan fingerprint density at radius 2 is 1.71 bits per heavy atom. The predicted molar refractivity (Wildman–Crippen MR) is 146 cm³/mol. The molecule has 5 aromatic rings. The van der Waals surface area contributed by atoms with Crippen molar-refractivity contribution in [1.82, 2.24) is 4.98 Å². The van der Waals surface area contributed by atoms with Gasteiger partial charge in [-0.1, -0.05) is 36.5 Å². The number of nitrogens with zero attached hydrogens (tertiary/aromatic N) is 2. The lowest BCUT2D eigenvalue weighted by molar-refractivity contribution is 0.0971. The molecule has 8 nitrogen and oxygen atoms in total. The molecule has 9 heteroatoms. The fourth-order valence-corrected chi connectivity index (χ4v) is 6.03. The molecule has 0 radical (unpaired) electrons. The third-order valence-electron chi connectivity index (χ3n) is 6.84. The van der Waals surface area contributed by atoms with Gasteiger partial charge in [0.1, 0.15) is 5.58 Å². The molecule has 1 aliphatic heterocycles. The molecule has 2 aromatic heterocycles. The molecule has 6 rings (SSSR count). The number of para-hydroxylation sites is 1. The first kappa shape index (κ1) is 24.0. The van der Waals surface area contributed by atoms with Crippen LogP contribution in [0.5, 0.6) is 17.2 Å². The van der Waals surface area contributed by atoms with E-state index in [1.165, 1.54) is 43.1 Å². The Labute approximate surface area is 222 Å². The average molecular weight is 529 g/mol. The maximum absolute atomic E-state index is 14.0. The molecule has 0 aliphatic carbocycles. The van der Waals surface area contributed by atoms with Crippen LogP contribution >= 0.6 is 11.3 Å². The van der Waals surface area contributed by atoms with E-state index >= 15 is 0 Å². The van der Waals surface area contributed by atoms with Gasteiger partial charge in [0.2, 0.25) is 11.5 Å². The van der Waals surface area contributed by atoms with E-state index in [-0.39, 0.29) is 16.8 Å². The van der Waals surface area contributed by atoms with Crippen LogP contribution in [-0.4, -0.2) is 32.2 Å². The molecule has 1 aliphatic rings. The molecule has 1 atom stereocenters. The number of hydrogen-bond acceptors (Lipinski definition) is 8. The number of aryl methyl sites for hydroxylation is 1. The summed E-state index contributed by atoms with van der Waals surface area (Å²) < 4.78 is 23.7. The van der Waals surface area contributed by atoms with Crippen LogP contribution in [-0.2, 0) is 6.42 Å². The number of fused-ring (bicyclic) bond motifs is 3. The number of carbonyl (C=O) groups excluding carboxylic acids is 1. The van der Waals surface area contributed by atoms with E-state index in [4.69, 9.17) is 23.6 Å². The molecule has 1 amide bonds. The molecule has 192 valence electrons. The SMILES string of the molecule is CCc1ccc2nc(N3C(=O)c4oc5ccccc5c(=O)c4[C@@H]3c3cc(OC)c(OC)c(OC)c3)sc2c1. The van der Waals surface area contributed by atoms with E-state index in [1.807, 2.05) is 12.1 Å². The summed E-state index contributed by atoms with van der Waals surface area (Å²) >= 11 is 1.40. The van der Waals surface area contributed by atoms with Crippen LogP contribution in [0.3, 0.4) is 0 Å². The number of aromatic nitrogens is 1. The molecule has 3 aromatic carbocycles. The van der Waals surface area contributed by atoms with Crippen molar-refractivity contribution in [2.75, 3.05) is 26.2 Å². The third-order valence-corrected chi connectivity index (χ3v) is 7.85. The van der Waals surface area contributed by atoms with Gasteiger partial charge in [-0.15, -0.1) is 0 Å². The molecule has 0 saturated heterocycles. The van der Waals surface area contributed by atoms with Gasteiger partial charge in [0, 0.05) is 0 Å². The van der Waals surface area contributed by atoms with Crippen LogP contribution < -0.4 is 24.5 Å². The zero-order chi connectivity index (χ0) is 26.6. The monoisotopic (exact) mass is 528 g/mol. The van der Waals surface area contributed by atoms with Gasteiger partial charge in [-0.3, -0.25) is 14.5 Å². The van der Waals surface area contributed by atoms with Gasteiger partial charge in [0.25, 0.3) is 5.91 Å². The van der Waals surface area contributed by atoms with Gasteiger partial charge >= 0.3 is 0 Å². The smallest absolute Gasteiger partial charge is 0.297 e. The third kappa shape index (κ3) is 3.53. The van der Waals surface area contributed by atoms with E-state index in [0.29, 0.717) is 38.9 Å². The van der Waals surface area contributed by atoms with Crippen LogP contribution in [0.4, 0.5) is 5.13 Å². The summed E-state index contributed by atoms with van der Waals surface area (Å²) in [5.74, 6) is 0.791. The Balaban J connectivity index is 1.64. The summed E-state index contributed by atoms with van der Waals surface area (Å²) in [7, 11) is 4.56. The van der Waals surface area contributed by atoms with Crippen molar-refractivity contribution in [3.8, 4) is 17.2 Å². The van der Waals surface area contributed by atoms with Crippen molar-refractivity contribution in [2.45, 2.75) is 19.4 Å². The van der Waals surface area contributed by atoms with Gasteiger partial charge in [-0.05, 0) is 53.9 Å². The highest BCUT2D eigenvalue weighted by Gasteiger charge is 2.45. The van der Waals surface area contributed by atoms with Gasteiger partial charge in [-0.2, -0.15) is 0 Å². The minimum atomic E-state index is -0.821. The molecule has 0 fully saturated rings. The van der Waals surface area contributed by atoms with E-state index in [2.05, 4.69) is 13.0 Å². The van der Waals surface area contributed by atoms with Crippen LogP contribution in [0.25, 0.3) is 21.2 Å². The van der Waals surface area contributed by atoms with Crippen LogP contribution in [0.2, 0.25) is 0 Å². The lowest BCUT2D eigenvalue weighted by Gasteiger charge is -2.24. The molecule has 0 bridgehead atoms. The molecular weight excluding hydrogens is 504 g/mol. The second-order valence-corrected chi connectivity index (χ2v) is 9.87. The first-order chi connectivity index (χ1) is 18.5. The van der Waals surface area contributed by atoms with Crippen LogP contribution in [0.15, 0.2) is 63.8 Å². The summed E-state index contributed by atoms with van der Waals surface area (Å²) in [5.41, 5.74) is 2.88. The molecule has 0 unspecified atom stereocenters. The Bertz CT molecular complexity index is 1760. The maximum atomic E-state index is 14.0. The molecule has 0 saturated carbocycles. The van der Waals surface area contributed by atoms with Gasteiger partial charge in [0.15, 0.2) is 22.1 Å². The number of methoxy groups -OCH3 is 3. The van der Waals surface area contributed by atoms with Gasteiger partial charge in [-0.25, -0.2) is 4.98 Å². The number of thiazole rings is 1. The van der Waals surface area contributed by atoms with Crippen LogP contribution in [0.1, 0.15) is 40.2 Å². The normalized spacial score (nSPS) is 14.8. The maximum Gasteiger partial charge on any atom is 0.297 e. The largest absolute Gasteiger partial charge is 0.493 e. The summed E-state index contributed by atoms with van der Waals surface area (Å²) in [6.45, 7) is 2.09. The number of hydrogen-bond donors (Lipinski definition) is 0. The van der Waals surface area contributed by atoms with E-state index in [1.54, 1.807) is 36.4 Å². The standard InChI is InChI=1S/C29H24N2O6S/c1-5-15-10-11-18-22(12-15)38-29(30-18)31-24(16-13-20(34-2)26(36-4)21(14-16)35-3)23-25(32)17-8-6-7-9-19(17)37-27(23)28(31)33/h6-14,24H,5H2,1-4H3/t24-/m0/s1. The second kappa shape index (κ2) is 9.18. The van der Waals surface area contributed by atoms with Crippen molar-refractivity contribution in [1.29, 1.82) is 0 Å². The number of amides is 1. The first-order valence-corrected chi connectivity index (χ1v) is 12.9. The second-order valence-electron chi connectivity index (χ2n) is 8.86. The summed E-state index contributed by atoms with van der Waals surface area (Å²) in [5, 5.41) is 0.863. The predicted octanol–water partition coefficient (Wildman–Crippen LogP) is 5.74. The topological polar surface area (TPSA) is 91.1 Å². The van der Waals surface area contributed by atoms with Crippen molar-refractivity contribution in [3.63, 3.8) is 0 Å². The Kier molecular flexibility index (Phi) is 5.80. The summed E-state index contributed by atoms with van der Waals surface area (Å²) in [6.07, 6.45) is 0.885. The Morgan fingerprint density at radius 3 is 2.39 bits per heavy atom.